The van der Waals surface area contributed by atoms with Crippen molar-refractivity contribution in [3.05, 3.63) is 15.5 Å². The van der Waals surface area contributed by atoms with Crippen LogP contribution in [0.4, 0.5) is 0 Å². The molecule has 0 spiro atoms. The molecule has 1 aromatic rings. The van der Waals surface area contributed by atoms with Crippen LogP contribution in [0.5, 0.6) is 0 Å². The third-order valence-electron chi connectivity index (χ3n) is 1.94. The predicted molar refractivity (Wildman–Crippen MR) is 56.6 cm³/mol. The summed E-state index contributed by atoms with van der Waals surface area (Å²) in [5.74, 6) is -0.883. The molecule has 13 heavy (non-hydrogen) atoms. The highest BCUT2D eigenvalue weighted by Gasteiger charge is 2.30. The van der Waals surface area contributed by atoms with E-state index in [1.807, 2.05) is 6.92 Å². The molecule has 0 aliphatic heterocycles. The van der Waals surface area contributed by atoms with Gasteiger partial charge in [-0.2, -0.15) is 5.10 Å². The van der Waals surface area contributed by atoms with Crippen molar-refractivity contribution in [2.45, 2.75) is 26.3 Å². The lowest BCUT2D eigenvalue weighted by Gasteiger charge is -2.19. The molecule has 0 saturated heterocycles. The molecular formula is C8H11IN2O2. The number of halogens is 1. The van der Waals surface area contributed by atoms with E-state index >= 15 is 0 Å². The lowest BCUT2D eigenvalue weighted by molar-refractivity contribution is -0.146. The van der Waals surface area contributed by atoms with Crippen LogP contribution in [0.2, 0.25) is 0 Å². The highest BCUT2D eigenvalue weighted by molar-refractivity contribution is 14.1. The summed E-state index contributed by atoms with van der Waals surface area (Å²) in [6.07, 6.45) is 1.74. The van der Waals surface area contributed by atoms with Crippen molar-refractivity contribution in [3.8, 4) is 0 Å². The summed E-state index contributed by atoms with van der Waals surface area (Å²) in [4.78, 5) is 10.9. The van der Waals surface area contributed by atoms with Crippen LogP contribution in [0.1, 0.15) is 19.5 Å². The Labute approximate surface area is 90.1 Å². The van der Waals surface area contributed by atoms with Crippen LogP contribution in [0.3, 0.4) is 0 Å². The van der Waals surface area contributed by atoms with Gasteiger partial charge >= 0.3 is 5.97 Å². The quantitative estimate of drug-likeness (QED) is 0.843. The summed E-state index contributed by atoms with van der Waals surface area (Å²) in [5.41, 5.74) is -0.122. The minimum absolute atomic E-state index is 0.856. The zero-order valence-corrected chi connectivity index (χ0v) is 9.86. The van der Waals surface area contributed by atoms with Crippen LogP contribution in [0.25, 0.3) is 0 Å². The molecule has 1 N–H and O–H groups in total. The highest BCUT2D eigenvalue weighted by Crippen LogP contribution is 2.18. The van der Waals surface area contributed by atoms with E-state index in [4.69, 9.17) is 5.11 Å². The standard InChI is InChI=1S/C8H11IN2O2/c1-5-6(9)4-11(10-5)8(2,3)7(12)13/h4H,1-3H3,(H,12,13). The van der Waals surface area contributed by atoms with Gasteiger partial charge in [0.2, 0.25) is 0 Å². The van der Waals surface area contributed by atoms with Gasteiger partial charge in [-0.25, -0.2) is 4.79 Å². The van der Waals surface area contributed by atoms with Crippen molar-refractivity contribution in [2.75, 3.05) is 0 Å². The molecule has 4 nitrogen and oxygen atoms in total. The van der Waals surface area contributed by atoms with E-state index in [1.54, 1.807) is 20.0 Å². The minimum atomic E-state index is -0.978. The van der Waals surface area contributed by atoms with Gasteiger partial charge in [-0.15, -0.1) is 0 Å². The number of aromatic nitrogens is 2. The first kappa shape index (κ1) is 10.5. The monoisotopic (exact) mass is 294 g/mol. The summed E-state index contributed by atoms with van der Waals surface area (Å²) < 4.78 is 2.46. The van der Waals surface area contributed by atoms with Gasteiger partial charge in [0, 0.05) is 6.20 Å². The van der Waals surface area contributed by atoms with Gasteiger partial charge in [0.1, 0.15) is 0 Å². The van der Waals surface area contributed by atoms with Crippen LogP contribution >= 0.6 is 22.6 Å². The maximum atomic E-state index is 10.9. The Morgan fingerprint density at radius 2 is 2.23 bits per heavy atom. The number of aryl methyl sites for hydroxylation is 1. The number of rotatable bonds is 2. The smallest absolute Gasteiger partial charge is 0.331 e. The third-order valence-corrected chi connectivity index (χ3v) is 2.99. The van der Waals surface area contributed by atoms with Crippen molar-refractivity contribution in [1.82, 2.24) is 9.78 Å². The zero-order valence-electron chi connectivity index (χ0n) is 7.71. The third kappa shape index (κ3) is 1.84. The van der Waals surface area contributed by atoms with Crippen molar-refractivity contribution < 1.29 is 9.90 Å². The summed E-state index contributed by atoms with van der Waals surface area (Å²) in [6, 6.07) is 0. The lowest BCUT2D eigenvalue weighted by atomic mass is 10.1. The number of hydrogen-bond donors (Lipinski definition) is 1. The normalized spacial score (nSPS) is 11.7. The van der Waals surface area contributed by atoms with Gasteiger partial charge in [-0.05, 0) is 43.4 Å². The number of hydrogen-bond acceptors (Lipinski definition) is 2. The number of aliphatic carboxylic acids is 1. The first-order chi connectivity index (χ1) is 5.85. The molecule has 72 valence electrons. The molecule has 0 saturated carbocycles. The van der Waals surface area contributed by atoms with Crippen molar-refractivity contribution in [2.24, 2.45) is 0 Å². The zero-order chi connectivity index (χ0) is 10.2. The van der Waals surface area contributed by atoms with Crippen molar-refractivity contribution in [3.63, 3.8) is 0 Å². The lowest BCUT2D eigenvalue weighted by Crippen LogP contribution is -2.36. The van der Waals surface area contributed by atoms with E-state index in [9.17, 15) is 4.79 Å². The second-order valence-electron chi connectivity index (χ2n) is 3.37. The fraction of sp³-hybridized carbons (Fsp3) is 0.500. The van der Waals surface area contributed by atoms with Gasteiger partial charge in [0.25, 0.3) is 0 Å². The summed E-state index contributed by atoms with van der Waals surface area (Å²) in [6.45, 7) is 5.10. The first-order valence-corrected chi connectivity index (χ1v) is 4.89. The van der Waals surface area contributed by atoms with Gasteiger partial charge < -0.3 is 5.11 Å². The number of carboxylic acid groups (broad SMARTS) is 1. The largest absolute Gasteiger partial charge is 0.479 e. The molecule has 0 atom stereocenters. The number of carbonyl (C=O) groups is 1. The molecule has 1 heterocycles. The molecule has 0 aliphatic carbocycles. The topological polar surface area (TPSA) is 55.1 Å². The van der Waals surface area contributed by atoms with Gasteiger partial charge in [0.15, 0.2) is 5.54 Å². The van der Waals surface area contributed by atoms with E-state index in [2.05, 4.69) is 27.7 Å². The second-order valence-corrected chi connectivity index (χ2v) is 4.53. The highest BCUT2D eigenvalue weighted by atomic mass is 127. The molecule has 0 unspecified atom stereocenters. The molecule has 0 radical (unpaired) electrons. The van der Waals surface area contributed by atoms with Gasteiger partial charge in [-0.1, -0.05) is 0 Å². The van der Waals surface area contributed by atoms with E-state index in [-0.39, 0.29) is 0 Å². The molecule has 5 heteroatoms. The van der Waals surface area contributed by atoms with Crippen LogP contribution in [0, 0.1) is 10.5 Å². The molecule has 0 aromatic carbocycles. The summed E-state index contributed by atoms with van der Waals surface area (Å²) in [5, 5.41) is 13.1. The maximum Gasteiger partial charge on any atom is 0.331 e. The molecule has 1 rings (SSSR count). The Balaban J connectivity index is 3.15. The minimum Gasteiger partial charge on any atom is -0.479 e. The Hall–Kier alpha value is -0.590. The van der Waals surface area contributed by atoms with E-state index < -0.39 is 11.5 Å². The predicted octanol–water partition coefficient (Wildman–Crippen LogP) is 1.62. The Kier molecular flexibility index (Phi) is 2.65. The molecule has 0 fully saturated rings. The second kappa shape index (κ2) is 3.28. The first-order valence-electron chi connectivity index (χ1n) is 3.81. The molecule has 0 bridgehead atoms. The van der Waals surface area contributed by atoms with Crippen LogP contribution in [-0.2, 0) is 10.3 Å². The Bertz CT molecular complexity index is 324. The fourth-order valence-corrected chi connectivity index (χ4v) is 1.20. The van der Waals surface area contributed by atoms with E-state index in [1.165, 1.54) is 4.68 Å². The summed E-state index contributed by atoms with van der Waals surface area (Å²) in [7, 11) is 0. The van der Waals surface area contributed by atoms with Crippen LogP contribution in [-0.4, -0.2) is 20.9 Å². The Morgan fingerprint density at radius 3 is 2.54 bits per heavy atom. The van der Waals surface area contributed by atoms with Crippen LogP contribution in [0.15, 0.2) is 6.20 Å². The number of carboxylic acids is 1. The molecular weight excluding hydrogens is 283 g/mol. The van der Waals surface area contributed by atoms with Crippen molar-refractivity contribution >= 4 is 28.6 Å². The molecule has 0 aliphatic rings. The average Bonchev–Trinajstić information content (AvgIpc) is 2.32. The van der Waals surface area contributed by atoms with Crippen molar-refractivity contribution in [1.29, 1.82) is 0 Å². The van der Waals surface area contributed by atoms with E-state index in [0.717, 1.165) is 9.26 Å². The molecule has 0 amide bonds. The van der Waals surface area contributed by atoms with Gasteiger partial charge in [-0.3, -0.25) is 4.68 Å². The SMILES string of the molecule is Cc1nn(C(C)(C)C(=O)O)cc1I. The summed E-state index contributed by atoms with van der Waals surface area (Å²) >= 11 is 2.13. The Morgan fingerprint density at radius 1 is 1.69 bits per heavy atom. The number of nitrogens with zero attached hydrogens (tertiary/aromatic N) is 2. The maximum absolute atomic E-state index is 10.9. The van der Waals surface area contributed by atoms with Gasteiger partial charge in [0.05, 0.1) is 9.26 Å². The van der Waals surface area contributed by atoms with E-state index in [0.29, 0.717) is 0 Å². The fourth-order valence-electron chi connectivity index (χ4n) is 0.823. The average molecular weight is 294 g/mol. The van der Waals surface area contributed by atoms with Crippen LogP contribution < -0.4 is 0 Å². The molecule has 1 aromatic heterocycles.